The minimum atomic E-state index is -1.17. The Balaban J connectivity index is 1.81. The van der Waals surface area contributed by atoms with Crippen LogP contribution in [0, 0.1) is 34.5 Å². The van der Waals surface area contributed by atoms with Crippen LogP contribution in [0.3, 0.4) is 0 Å². The number of piperazine rings is 1. The lowest BCUT2D eigenvalue weighted by atomic mass is 10.1. The molecule has 0 N–H and O–H groups in total. The van der Waals surface area contributed by atoms with Crippen molar-refractivity contribution in [2.45, 2.75) is 19.9 Å². The number of hydrogen-bond acceptors (Lipinski definition) is 4. The molecule has 0 aromatic heterocycles. The highest BCUT2D eigenvalue weighted by atomic mass is 35.5. The predicted octanol–water partition coefficient (Wildman–Crippen LogP) is 4.32. The second-order valence-electron chi connectivity index (χ2n) is 6.89. The number of carbonyl (C=O) groups excluding carboxylic acids is 1. The number of hydrogen-bond donors (Lipinski definition) is 0. The molecule has 0 aliphatic carbocycles. The number of nitro benzene ring substituents is 1. The van der Waals surface area contributed by atoms with E-state index in [2.05, 4.69) is 0 Å². The van der Waals surface area contributed by atoms with Crippen molar-refractivity contribution >= 4 is 28.9 Å². The molecule has 0 radical (unpaired) electrons. The summed E-state index contributed by atoms with van der Waals surface area (Å²) in [4.78, 5) is 26.2. The molecule has 1 atom stereocenters. The van der Waals surface area contributed by atoms with Crippen molar-refractivity contribution in [1.82, 2.24) is 4.90 Å². The maximum atomic E-state index is 14.4. The van der Waals surface area contributed by atoms with Gasteiger partial charge in [0, 0.05) is 31.2 Å². The van der Waals surface area contributed by atoms with Gasteiger partial charge in [0.1, 0.15) is 0 Å². The lowest BCUT2D eigenvalue weighted by molar-refractivity contribution is -0.385. The first-order chi connectivity index (χ1) is 13.6. The first-order valence-corrected chi connectivity index (χ1v) is 9.13. The number of benzene rings is 2. The van der Waals surface area contributed by atoms with Gasteiger partial charge in [0.2, 0.25) is 0 Å². The zero-order valence-corrected chi connectivity index (χ0v) is 16.3. The molecule has 1 amide bonds. The molecule has 0 unspecified atom stereocenters. The summed E-state index contributed by atoms with van der Waals surface area (Å²) in [7, 11) is 0. The first-order valence-electron chi connectivity index (χ1n) is 8.75. The van der Waals surface area contributed by atoms with Crippen molar-refractivity contribution in [2.24, 2.45) is 0 Å². The van der Waals surface area contributed by atoms with E-state index >= 15 is 0 Å². The molecule has 0 spiro atoms. The van der Waals surface area contributed by atoms with Crippen LogP contribution in [0.4, 0.5) is 24.5 Å². The van der Waals surface area contributed by atoms with Gasteiger partial charge in [0.25, 0.3) is 11.6 Å². The molecular weight excluding hydrogens is 411 g/mol. The van der Waals surface area contributed by atoms with Gasteiger partial charge in [0.15, 0.2) is 17.5 Å². The largest absolute Gasteiger partial charge is 0.365 e. The predicted molar refractivity (Wildman–Crippen MR) is 102 cm³/mol. The van der Waals surface area contributed by atoms with E-state index in [-0.39, 0.29) is 41.6 Å². The van der Waals surface area contributed by atoms with Crippen molar-refractivity contribution in [3.05, 3.63) is 68.0 Å². The van der Waals surface area contributed by atoms with Crippen molar-refractivity contribution in [2.75, 3.05) is 24.5 Å². The van der Waals surface area contributed by atoms with E-state index in [0.29, 0.717) is 5.56 Å². The van der Waals surface area contributed by atoms with Crippen molar-refractivity contribution in [1.29, 1.82) is 0 Å². The summed E-state index contributed by atoms with van der Waals surface area (Å²) in [5, 5.41) is 10.8. The topological polar surface area (TPSA) is 66.7 Å². The molecule has 2 aromatic rings. The second kappa shape index (κ2) is 7.90. The maximum absolute atomic E-state index is 14.4. The fourth-order valence-corrected chi connectivity index (χ4v) is 3.65. The number of aryl methyl sites for hydroxylation is 1. The molecule has 0 bridgehead atoms. The average molecular weight is 428 g/mol. The van der Waals surface area contributed by atoms with Crippen molar-refractivity contribution in [3.8, 4) is 0 Å². The lowest BCUT2D eigenvalue weighted by Gasteiger charge is -2.41. The molecule has 1 fully saturated rings. The minimum absolute atomic E-state index is 0.150. The highest BCUT2D eigenvalue weighted by Crippen LogP contribution is 2.30. The molecule has 0 saturated carbocycles. The third kappa shape index (κ3) is 4.00. The van der Waals surface area contributed by atoms with Crippen LogP contribution in [0.15, 0.2) is 24.3 Å². The van der Waals surface area contributed by atoms with Crippen LogP contribution >= 0.6 is 11.6 Å². The van der Waals surface area contributed by atoms with E-state index in [1.54, 1.807) is 11.8 Å². The minimum Gasteiger partial charge on any atom is -0.365 e. The van der Waals surface area contributed by atoms with Crippen molar-refractivity contribution in [3.63, 3.8) is 0 Å². The Labute approximate surface area is 169 Å². The molecule has 3 rings (SSSR count). The number of rotatable bonds is 3. The third-order valence-corrected chi connectivity index (χ3v) is 5.24. The number of amides is 1. The van der Waals surface area contributed by atoms with Gasteiger partial charge in [-0.1, -0.05) is 11.6 Å². The molecule has 1 aliphatic heterocycles. The summed E-state index contributed by atoms with van der Waals surface area (Å²) in [5.74, 6) is -3.60. The van der Waals surface area contributed by atoms with Gasteiger partial charge in [-0.15, -0.1) is 0 Å². The Morgan fingerprint density at radius 2 is 1.79 bits per heavy atom. The smallest absolute Gasteiger partial charge is 0.275 e. The third-order valence-electron chi connectivity index (χ3n) is 4.93. The fraction of sp³-hybridized carbons (Fsp3) is 0.316. The van der Waals surface area contributed by atoms with E-state index in [4.69, 9.17) is 11.6 Å². The Hall–Kier alpha value is -2.81. The van der Waals surface area contributed by atoms with Crippen LogP contribution < -0.4 is 4.90 Å². The van der Waals surface area contributed by atoms with Gasteiger partial charge < -0.3 is 9.80 Å². The molecular formula is C19H17ClF3N3O3. The van der Waals surface area contributed by atoms with Crippen LogP contribution in [0.1, 0.15) is 22.8 Å². The molecule has 6 nitrogen and oxygen atoms in total. The molecule has 1 aliphatic rings. The summed E-state index contributed by atoms with van der Waals surface area (Å²) < 4.78 is 41.2. The molecule has 154 valence electrons. The van der Waals surface area contributed by atoms with E-state index < -0.39 is 34.3 Å². The molecule has 1 saturated heterocycles. The number of carbonyl (C=O) groups is 1. The van der Waals surface area contributed by atoms with Gasteiger partial charge in [-0.25, -0.2) is 13.2 Å². The van der Waals surface area contributed by atoms with Crippen LogP contribution in [0.25, 0.3) is 0 Å². The summed E-state index contributed by atoms with van der Waals surface area (Å²) in [6, 6.07) is 3.41. The Morgan fingerprint density at radius 1 is 1.14 bits per heavy atom. The zero-order valence-electron chi connectivity index (χ0n) is 15.6. The van der Waals surface area contributed by atoms with Gasteiger partial charge in [-0.3, -0.25) is 14.9 Å². The number of halogens is 4. The summed E-state index contributed by atoms with van der Waals surface area (Å²) in [6.07, 6.45) is 0. The number of nitro groups is 1. The average Bonchev–Trinajstić information content (AvgIpc) is 2.65. The molecule has 29 heavy (non-hydrogen) atoms. The molecule has 1 heterocycles. The monoisotopic (exact) mass is 427 g/mol. The highest BCUT2D eigenvalue weighted by molar-refractivity contribution is 6.33. The summed E-state index contributed by atoms with van der Waals surface area (Å²) >= 11 is 5.90. The summed E-state index contributed by atoms with van der Waals surface area (Å²) in [6.45, 7) is 3.95. The quantitative estimate of drug-likeness (QED) is 0.415. The number of nitrogens with zero attached hydrogens (tertiary/aromatic N) is 3. The maximum Gasteiger partial charge on any atom is 0.275 e. The van der Waals surface area contributed by atoms with Gasteiger partial charge in [-0.05, 0) is 32.0 Å². The Bertz CT molecular complexity index is 1000. The lowest BCUT2D eigenvalue weighted by Crippen LogP contribution is -2.54. The van der Waals surface area contributed by atoms with E-state index in [1.807, 2.05) is 0 Å². The Kier molecular flexibility index (Phi) is 5.70. The highest BCUT2D eigenvalue weighted by Gasteiger charge is 2.31. The SMILES string of the molecule is Cc1cc(N2CCN(C(=O)c3cc(F)c(F)cc3Cl)[C@H](C)C2)c(F)cc1[N+](=O)[O-]. The van der Waals surface area contributed by atoms with E-state index in [0.717, 1.165) is 18.2 Å². The Morgan fingerprint density at radius 3 is 2.41 bits per heavy atom. The van der Waals surface area contributed by atoms with Crippen LogP contribution in [0.5, 0.6) is 0 Å². The van der Waals surface area contributed by atoms with Crippen LogP contribution in [-0.2, 0) is 0 Å². The number of anilines is 1. The second-order valence-corrected chi connectivity index (χ2v) is 7.29. The van der Waals surface area contributed by atoms with Crippen LogP contribution in [0.2, 0.25) is 5.02 Å². The van der Waals surface area contributed by atoms with E-state index in [9.17, 15) is 28.1 Å². The van der Waals surface area contributed by atoms with Gasteiger partial charge in [0.05, 0.1) is 27.3 Å². The first kappa shape index (κ1) is 20.9. The fourth-order valence-electron chi connectivity index (χ4n) is 3.41. The van der Waals surface area contributed by atoms with Gasteiger partial charge >= 0.3 is 0 Å². The summed E-state index contributed by atoms with van der Waals surface area (Å²) in [5.41, 5.74) is 0.0772. The zero-order chi connectivity index (χ0) is 21.5. The van der Waals surface area contributed by atoms with E-state index in [1.165, 1.54) is 17.9 Å². The standard InChI is InChI=1S/C19H17ClF3N3O3/c1-10-5-18(16(23)8-17(10)26(28)29)24-3-4-25(11(2)9-24)19(27)12-6-14(21)15(22)7-13(12)20/h5-8,11H,3-4,9H2,1-2H3/t11-/m1/s1. The molecule has 2 aromatic carbocycles. The van der Waals surface area contributed by atoms with Crippen LogP contribution in [-0.4, -0.2) is 41.4 Å². The van der Waals surface area contributed by atoms with Crippen molar-refractivity contribution < 1.29 is 22.9 Å². The van der Waals surface area contributed by atoms with Gasteiger partial charge in [-0.2, -0.15) is 0 Å². The normalized spacial score (nSPS) is 16.8. The molecule has 10 heteroatoms.